The Kier molecular flexibility index (Phi) is 2.75. The molecule has 0 saturated heterocycles. The maximum Gasteiger partial charge on any atom is 0.356 e. The van der Waals surface area contributed by atoms with E-state index in [2.05, 4.69) is 17.7 Å². The molecular weight excluding hydrogens is 176 g/mol. The van der Waals surface area contributed by atoms with Crippen LogP contribution in [0.3, 0.4) is 0 Å². The van der Waals surface area contributed by atoms with Crippen molar-refractivity contribution in [3.05, 3.63) is 17.5 Å². The van der Waals surface area contributed by atoms with Crippen molar-refractivity contribution in [2.24, 2.45) is 0 Å². The topological polar surface area (TPSA) is 55.1 Å². The molecule has 0 saturated carbocycles. The van der Waals surface area contributed by atoms with Crippen LogP contribution in [0.5, 0.6) is 0 Å². The third kappa shape index (κ3) is 1.61. The molecule has 0 spiro atoms. The zero-order valence-electron chi connectivity index (χ0n) is 6.69. The molecule has 0 aliphatic carbocycles. The van der Waals surface area contributed by atoms with Gasteiger partial charge in [0.15, 0.2) is 5.69 Å². The predicted molar refractivity (Wildman–Crippen MR) is 47.6 cm³/mol. The summed E-state index contributed by atoms with van der Waals surface area (Å²) in [5, 5.41) is 12.5. The molecule has 1 aromatic heterocycles. The highest BCUT2D eigenvalue weighted by Gasteiger charge is 2.10. The largest absolute Gasteiger partial charge is 0.476 e. The summed E-state index contributed by atoms with van der Waals surface area (Å²) >= 11 is 4.06. The molecule has 1 rings (SSSR count). The maximum atomic E-state index is 10.5. The van der Waals surface area contributed by atoms with Crippen molar-refractivity contribution < 1.29 is 9.90 Å². The van der Waals surface area contributed by atoms with Crippen molar-refractivity contribution in [1.29, 1.82) is 0 Å². The Morgan fingerprint density at radius 3 is 2.83 bits per heavy atom. The summed E-state index contributed by atoms with van der Waals surface area (Å²) in [5.74, 6) is -0.487. The minimum atomic E-state index is -0.995. The van der Waals surface area contributed by atoms with Gasteiger partial charge in [-0.25, -0.2) is 4.79 Å². The average Bonchev–Trinajstić information content (AvgIpc) is 2.46. The Balaban J connectivity index is 3.05. The molecule has 0 aliphatic heterocycles. The molecule has 0 amide bonds. The second-order valence-electron chi connectivity index (χ2n) is 2.30. The highest BCUT2D eigenvalue weighted by atomic mass is 32.1. The average molecular weight is 186 g/mol. The van der Waals surface area contributed by atoms with Crippen LogP contribution >= 0.6 is 12.6 Å². The van der Waals surface area contributed by atoms with Crippen LogP contribution in [0.2, 0.25) is 0 Å². The molecule has 0 bridgehead atoms. The van der Waals surface area contributed by atoms with Gasteiger partial charge in [-0.05, 0) is 13.0 Å². The monoisotopic (exact) mass is 186 g/mol. The Hall–Kier alpha value is -0.970. The van der Waals surface area contributed by atoms with Gasteiger partial charge in [-0.15, -0.1) is 0 Å². The number of aromatic carboxylic acids is 1. The highest BCUT2D eigenvalue weighted by molar-refractivity contribution is 7.79. The van der Waals surface area contributed by atoms with Gasteiger partial charge in [0.25, 0.3) is 0 Å². The normalized spacial score (nSPS) is 10.2. The lowest BCUT2D eigenvalue weighted by molar-refractivity contribution is 0.0689. The number of carbonyl (C=O) groups is 1. The van der Waals surface area contributed by atoms with Gasteiger partial charge in [0.05, 0.1) is 0 Å². The summed E-state index contributed by atoms with van der Waals surface area (Å²) in [7, 11) is 0. The van der Waals surface area contributed by atoms with Crippen molar-refractivity contribution in [2.75, 3.05) is 0 Å². The van der Waals surface area contributed by atoms with Crippen molar-refractivity contribution in [3.8, 4) is 0 Å². The number of aromatic nitrogens is 2. The highest BCUT2D eigenvalue weighted by Crippen LogP contribution is 2.06. The second-order valence-corrected chi connectivity index (χ2v) is 2.62. The zero-order valence-corrected chi connectivity index (χ0v) is 7.58. The number of hydrogen-bond donors (Lipinski definition) is 2. The minimum absolute atomic E-state index is 0.0842. The quantitative estimate of drug-likeness (QED) is 0.693. The van der Waals surface area contributed by atoms with Crippen LogP contribution in [0, 0.1) is 0 Å². The van der Waals surface area contributed by atoms with E-state index in [1.807, 2.05) is 6.92 Å². The number of rotatable bonds is 3. The van der Waals surface area contributed by atoms with Gasteiger partial charge in [0, 0.05) is 18.0 Å². The summed E-state index contributed by atoms with van der Waals surface area (Å²) in [4.78, 5) is 10.5. The fourth-order valence-electron chi connectivity index (χ4n) is 0.961. The predicted octanol–water partition coefficient (Wildman–Crippen LogP) is 1.03. The van der Waals surface area contributed by atoms with Gasteiger partial charge < -0.3 is 5.11 Å². The van der Waals surface area contributed by atoms with E-state index in [1.54, 1.807) is 10.7 Å². The van der Waals surface area contributed by atoms with E-state index >= 15 is 0 Å². The zero-order chi connectivity index (χ0) is 9.14. The van der Waals surface area contributed by atoms with Crippen LogP contribution in [-0.2, 0) is 12.3 Å². The van der Waals surface area contributed by atoms with Gasteiger partial charge in [0.2, 0.25) is 0 Å². The minimum Gasteiger partial charge on any atom is -0.476 e. The SMILES string of the molecule is CCn1nc(C(=O)O)cc1CS. The van der Waals surface area contributed by atoms with Crippen molar-refractivity contribution in [1.82, 2.24) is 9.78 Å². The molecule has 0 aliphatic rings. The van der Waals surface area contributed by atoms with E-state index in [9.17, 15) is 4.79 Å². The molecule has 1 aromatic rings. The van der Waals surface area contributed by atoms with Crippen LogP contribution in [-0.4, -0.2) is 20.9 Å². The first-order valence-electron chi connectivity index (χ1n) is 3.60. The molecule has 5 heteroatoms. The van der Waals surface area contributed by atoms with E-state index in [4.69, 9.17) is 5.11 Å². The van der Waals surface area contributed by atoms with Crippen LogP contribution in [0.15, 0.2) is 6.07 Å². The first-order valence-corrected chi connectivity index (χ1v) is 4.23. The van der Waals surface area contributed by atoms with Crippen molar-refractivity contribution in [3.63, 3.8) is 0 Å². The molecule has 12 heavy (non-hydrogen) atoms. The molecule has 1 heterocycles. The number of thiol groups is 1. The van der Waals surface area contributed by atoms with Crippen LogP contribution < -0.4 is 0 Å². The number of carboxylic acids is 1. The number of nitrogens with zero attached hydrogens (tertiary/aromatic N) is 2. The van der Waals surface area contributed by atoms with Gasteiger partial charge in [-0.3, -0.25) is 4.68 Å². The Labute approximate surface area is 75.6 Å². The molecule has 1 N–H and O–H groups in total. The summed E-state index contributed by atoms with van der Waals surface area (Å²) in [6, 6.07) is 1.54. The molecule has 0 unspecified atom stereocenters. The summed E-state index contributed by atoms with van der Waals surface area (Å²) in [6.07, 6.45) is 0. The lowest BCUT2D eigenvalue weighted by Gasteiger charge is -1.98. The Morgan fingerprint density at radius 1 is 1.83 bits per heavy atom. The number of hydrogen-bond acceptors (Lipinski definition) is 3. The fraction of sp³-hybridized carbons (Fsp3) is 0.429. The van der Waals surface area contributed by atoms with Gasteiger partial charge >= 0.3 is 5.97 Å². The lowest BCUT2D eigenvalue weighted by Crippen LogP contribution is -2.03. The number of aryl methyl sites for hydroxylation is 1. The molecular formula is C7H10N2O2S. The van der Waals surface area contributed by atoms with Crippen LogP contribution in [0.1, 0.15) is 23.1 Å². The van der Waals surface area contributed by atoms with Gasteiger partial charge in [-0.2, -0.15) is 17.7 Å². The summed E-state index contributed by atoms with van der Waals surface area (Å²) in [6.45, 7) is 2.58. The van der Waals surface area contributed by atoms with Crippen LogP contribution in [0.25, 0.3) is 0 Å². The van der Waals surface area contributed by atoms with Crippen molar-refractivity contribution >= 4 is 18.6 Å². The third-order valence-electron chi connectivity index (χ3n) is 1.54. The van der Waals surface area contributed by atoms with E-state index in [0.717, 1.165) is 5.69 Å². The number of carboxylic acid groups (broad SMARTS) is 1. The first-order chi connectivity index (χ1) is 5.69. The van der Waals surface area contributed by atoms with Gasteiger partial charge in [-0.1, -0.05) is 0 Å². The molecule has 66 valence electrons. The van der Waals surface area contributed by atoms with E-state index in [-0.39, 0.29) is 5.69 Å². The standard InChI is InChI=1S/C7H10N2O2S/c1-2-9-5(4-12)3-6(8-9)7(10)11/h3,12H,2,4H2,1H3,(H,10,11). The molecule has 0 radical (unpaired) electrons. The van der Waals surface area contributed by atoms with E-state index in [1.165, 1.54) is 0 Å². The van der Waals surface area contributed by atoms with E-state index < -0.39 is 5.97 Å². The summed E-state index contributed by atoms with van der Waals surface area (Å²) in [5.41, 5.74) is 0.916. The Morgan fingerprint density at radius 2 is 2.50 bits per heavy atom. The molecule has 4 nitrogen and oxygen atoms in total. The smallest absolute Gasteiger partial charge is 0.356 e. The van der Waals surface area contributed by atoms with E-state index in [0.29, 0.717) is 12.3 Å². The fourth-order valence-corrected chi connectivity index (χ4v) is 1.22. The third-order valence-corrected chi connectivity index (χ3v) is 1.87. The Bertz CT molecular complexity index is 274. The molecule has 0 atom stereocenters. The summed E-state index contributed by atoms with van der Waals surface area (Å²) < 4.78 is 1.64. The molecule has 0 aromatic carbocycles. The van der Waals surface area contributed by atoms with Crippen LogP contribution in [0.4, 0.5) is 0 Å². The lowest BCUT2D eigenvalue weighted by atomic mass is 10.4. The first kappa shape index (κ1) is 9.12. The van der Waals surface area contributed by atoms with Gasteiger partial charge in [0.1, 0.15) is 0 Å². The second kappa shape index (κ2) is 3.62. The van der Waals surface area contributed by atoms with Crippen molar-refractivity contribution in [2.45, 2.75) is 19.2 Å². The maximum absolute atomic E-state index is 10.5. The molecule has 0 fully saturated rings.